The summed E-state index contributed by atoms with van der Waals surface area (Å²) in [5.74, 6) is -0.235. The Balaban J connectivity index is 2.03. The minimum absolute atomic E-state index is 0.117. The van der Waals surface area contributed by atoms with Crippen molar-refractivity contribution < 1.29 is 19.7 Å². The highest BCUT2D eigenvalue weighted by molar-refractivity contribution is 5.97. The van der Waals surface area contributed by atoms with Crippen LogP contribution < -0.4 is 5.73 Å². The van der Waals surface area contributed by atoms with Crippen LogP contribution in [0.25, 0.3) is 0 Å². The van der Waals surface area contributed by atoms with Gasteiger partial charge < -0.3 is 20.7 Å². The van der Waals surface area contributed by atoms with Gasteiger partial charge in [-0.1, -0.05) is 30.3 Å². The summed E-state index contributed by atoms with van der Waals surface area (Å²) in [5, 5.41) is 19.2. The first kappa shape index (κ1) is 15.1. The van der Waals surface area contributed by atoms with Crippen LogP contribution in [-0.4, -0.2) is 16.2 Å². The Labute approximate surface area is 143 Å². The largest absolute Gasteiger partial charge is 0.508 e. The third kappa shape index (κ3) is 2.21. The molecule has 5 heteroatoms. The molecule has 1 aliphatic heterocycles. The zero-order valence-electron chi connectivity index (χ0n) is 13.1. The molecule has 4 N–H and O–H groups in total. The molecule has 0 bridgehead atoms. The molecule has 1 aliphatic rings. The van der Waals surface area contributed by atoms with E-state index in [-0.39, 0.29) is 11.5 Å². The lowest BCUT2D eigenvalue weighted by Crippen LogP contribution is -2.29. The van der Waals surface area contributed by atoms with E-state index in [4.69, 9.17) is 10.5 Å². The molecule has 0 aliphatic carbocycles. The number of cyclic esters (lactones) is 1. The van der Waals surface area contributed by atoms with E-state index in [1.165, 1.54) is 0 Å². The lowest BCUT2D eigenvalue weighted by Gasteiger charge is -2.30. The van der Waals surface area contributed by atoms with Crippen LogP contribution in [0, 0.1) is 0 Å². The Morgan fingerprint density at radius 1 is 0.800 bits per heavy atom. The van der Waals surface area contributed by atoms with Crippen molar-refractivity contribution in [1.82, 2.24) is 0 Å². The van der Waals surface area contributed by atoms with Crippen LogP contribution in [0.5, 0.6) is 11.5 Å². The van der Waals surface area contributed by atoms with Crippen molar-refractivity contribution in [3.63, 3.8) is 0 Å². The second-order valence-electron chi connectivity index (χ2n) is 5.97. The second-order valence-corrected chi connectivity index (χ2v) is 5.97. The van der Waals surface area contributed by atoms with Crippen molar-refractivity contribution >= 4 is 11.7 Å². The number of nitrogens with two attached hydrogens (primary N) is 1. The summed E-state index contributed by atoms with van der Waals surface area (Å²) in [7, 11) is 0. The Hall–Kier alpha value is -3.47. The first-order valence-electron chi connectivity index (χ1n) is 7.73. The predicted octanol–water partition coefficient (Wildman–Crippen LogP) is 3.14. The van der Waals surface area contributed by atoms with Crippen molar-refractivity contribution in [1.29, 1.82) is 0 Å². The van der Waals surface area contributed by atoms with Crippen LogP contribution in [0.1, 0.15) is 27.0 Å². The van der Waals surface area contributed by atoms with E-state index in [0.29, 0.717) is 27.9 Å². The van der Waals surface area contributed by atoms with Gasteiger partial charge in [0.1, 0.15) is 11.5 Å². The smallest absolute Gasteiger partial charge is 0.340 e. The molecule has 0 fully saturated rings. The quantitative estimate of drug-likeness (QED) is 0.495. The first-order chi connectivity index (χ1) is 12.0. The van der Waals surface area contributed by atoms with Gasteiger partial charge in [0.15, 0.2) is 5.60 Å². The lowest BCUT2D eigenvalue weighted by atomic mass is 9.80. The van der Waals surface area contributed by atoms with Gasteiger partial charge in [-0.3, -0.25) is 0 Å². The van der Waals surface area contributed by atoms with Crippen LogP contribution in [0.4, 0.5) is 5.69 Å². The maximum atomic E-state index is 12.5. The summed E-state index contributed by atoms with van der Waals surface area (Å²) in [4.78, 5) is 12.5. The standard InChI is InChI=1S/C20H15NO4/c21-14-5-10-18-17(11-14)19(24)25-20(18,12-1-6-15(22)7-2-12)13-3-8-16(23)9-4-13/h1-11,22-23H,21H2. The molecule has 0 amide bonds. The van der Waals surface area contributed by atoms with Gasteiger partial charge in [0.25, 0.3) is 0 Å². The third-order valence-electron chi connectivity index (χ3n) is 4.44. The Morgan fingerprint density at radius 2 is 1.32 bits per heavy atom. The van der Waals surface area contributed by atoms with Crippen LogP contribution in [0.3, 0.4) is 0 Å². The highest BCUT2D eigenvalue weighted by Crippen LogP contribution is 2.47. The number of rotatable bonds is 2. The molecule has 0 spiro atoms. The average molecular weight is 333 g/mol. The SMILES string of the molecule is Nc1ccc2c(c1)C(=O)OC2(c1ccc(O)cc1)c1ccc(O)cc1. The summed E-state index contributed by atoms with van der Waals surface area (Å²) in [5.41, 5.74) is 7.58. The number of aromatic hydroxyl groups is 2. The van der Waals surface area contributed by atoms with Crippen molar-refractivity contribution in [2.75, 3.05) is 5.73 Å². The van der Waals surface area contributed by atoms with E-state index < -0.39 is 11.6 Å². The molecule has 0 radical (unpaired) electrons. The molecule has 3 aromatic rings. The van der Waals surface area contributed by atoms with Crippen molar-refractivity contribution in [2.45, 2.75) is 5.60 Å². The van der Waals surface area contributed by atoms with Gasteiger partial charge in [-0.15, -0.1) is 0 Å². The Bertz CT molecular complexity index is 916. The van der Waals surface area contributed by atoms with Gasteiger partial charge in [-0.2, -0.15) is 0 Å². The number of hydrogen-bond acceptors (Lipinski definition) is 5. The summed E-state index contributed by atoms with van der Waals surface area (Å²) in [6, 6.07) is 18.1. The number of ether oxygens (including phenoxy) is 1. The number of carbonyl (C=O) groups excluding carboxylic acids is 1. The van der Waals surface area contributed by atoms with Crippen LogP contribution in [-0.2, 0) is 10.3 Å². The minimum Gasteiger partial charge on any atom is -0.508 e. The fourth-order valence-corrected chi connectivity index (χ4v) is 3.27. The number of carbonyl (C=O) groups is 1. The fraction of sp³-hybridized carbons (Fsp3) is 0.0500. The summed E-state index contributed by atoms with van der Waals surface area (Å²) >= 11 is 0. The summed E-state index contributed by atoms with van der Waals surface area (Å²) < 4.78 is 5.87. The molecule has 5 nitrogen and oxygen atoms in total. The summed E-state index contributed by atoms with van der Waals surface area (Å²) in [6.45, 7) is 0. The molecule has 0 saturated carbocycles. The molecule has 25 heavy (non-hydrogen) atoms. The topological polar surface area (TPSA) is 92.8 Å². The number of anilines is 1. The highest BCUT2D eigenvalue weighted by atomic mass is 16.6. The number of fused-ring (bicyclic) bond motifs is 1. The number of hydrogen-bond donors (Lipinski definition) is 3. The maximum Gasteiger partial charge on any atom is 0.340 e. The molecule has 4 rings (SSSR count). The summed E-state index contributed by atoms with van der Waals surface area (Å²) in [6.07, 6.45) is 0. The molecular formula is C20H15NO4. The first-order valence-corrected chi connectivity index (χ1v) is 7.73. The van der Waals surface area contributed by atoms with Crippen molar-refractivity contribution in [2.24, 2.45) is 0 Å². The monoisotopic (exact) mass is 333 g/mol. The number of esters is 1. The molecule has 124 valence electrons. The number of nitrogen functional groups attached to an aromatic ring is 1. The molecule has 0 atom stereocenters. The van der Waals surface area contributed by atoms with Gasteiger partial charge in [0, 0.05) is 22.4 Å². The van der Waals surface area contributed by atoms with Gasteiger partial charge in [0.2, 0.25) is 0 Å². The molecular weight excluding hydrogens is 318 g/mol. The average Bonchev–Trinajstić information content (AvgIpc) is 2.89. The molecule has 3 aromatic carbocycles. The van der Waals surface area contributed by atoms with E-state index in [2.05, 4.69) is 0 Å². The normalized spacial score (nSPS) is 14.8. The van der Waals surface area contributed by atoms with E-state index in [1.54, 1.807) is 66.7 Å². The Kier molecular flexibility index (Phi) is 3.18. The molecule has 0 saturated heterocycles. The molecule has 1 heterocycles. The van der Waals surface area contributed by atoms with E-state index in [9.17, 15) is 15.0 Å². The van der Waals surface area contributed by atoms with E-state index in [1.807, 2.05) is 0 Å². The van der Waals surface area contributed by atoms with E-state index in [0.717, 1.165) is 0 Å². The van der Waals surface area contributed by atoms with Gasteiger partial charge >= 0.3 is 5.97 Å². The lowest BCUT2D eigenvalue weighted by molar-refractivity contribution is 0.0251. The zero-order valence-corrected chi connectivity index (χ0v) is 13.1. The highest BCUT2D eigenvalue weighted by Gasteiger charge is 2.48. The van der Waals surface area contributed by atoms with Crippen LogP contribution in [0.15, 0.2) is 66.7 Å². The maximum absolute atomic E-state index is 12.5. The molecule has 0 unspecified atom stereocenters. The van der Waals surface area contributed by atoms with Gasteiger partial charge in [0.05, 0.1) is 5.56 Å². The van der Waals surface area contributed by atoms with Crippen molar-refractivity contribution in [3.05, 3.63) is 89.0 Å². The number of phenols is 2. The van der Waals surface area contributed by atoms with Gasteiger partial charge in [-0.05, 0) is 36.4 Å². The second kappa shape index (κ2) is 5.27. The van der Waals surface area contributed by atoms with Crippen molar-refractivity contribution in [3.8, 4) is 11.5 Å². The minimum atomic E-state index is -1.17. The van der Waals surface area contributed by atoms with E-state index >= 15 is 0 Å². The third-order valence-corrected chi connectivity index (χ3v) is 4.44. The van der Waals surface area contributed by atoms with Crippen LogP contribution >= 0.6 is 0 Å². The fourth-order valence-electron chi connectivity index (χ4n) is 3.27. The Morgan fingerprint density at radius 3 is 1.84 bits per heavy atom. The number of phenolic OH excluding ortho intramolecular Hbond substituents is 2. The van der Waals surface area contributed by atoms with Gasteiger partial charge in [-0.25, -0.2) is 4.79 Å². The van der Waals surface area contributed by atoms with Crippen LogP contribution in [0.2, 0.25) is 0 Å². The number of benzene rings is 3. The molecule has 0 aromatic heterocycles. The predicted molar refractivity (Wildman–Crippen MR) is 92.4 cm³/mol. The zero-order chi connectivity index (χ0) is 17.6.